The van der Waals surface area contributed by atoms with Gasteiger partial charge in [0.1, 0.15) is 16.9 Å². The second-order valence-electron chi connectivity index (χ2n) is 4.73. The lowest BCUT2D eigenvalue weighted by atomic mass is 9.93. The van der Waals surface area contributed by atoms with E-state index in [1.165, 1.54) is 0 Å². The zero-order chi connectivity index (χ0) is 13.5. The maximum Gasteiger partial charge on any atom is 0.144 e. The maximum absolute atomic E-state index is 10.7. The summed E-state index contributed by atoms with van der Waals surface area (Å²) in [5.74, 6) is 0.524. The van der Waals surface area contributed by atoms with Crippen molar-refractivity contribution in [1.29, 1.82) is 0 Å². The summed E-state index contributed by atoms with van der Waals surface area (Å²) in [5, 5.41) is 12.3. The van der Waals surface area contributed by atoms with Crippen LogP contribution in [0.5, 0.6) is 0 Å². The Hall–Kier alpha value is -1.77. The molecule has 0 radical (unpaired) electrons. The molecule has 0 aliphatic carbocycles. The maximum atomic E-state index is 10.7. The molecule has 0 aliphatic rings. The molecule has 3 rings (SSSR count). The van der Waals surface area contributed by atoms with E-state index < -0.39 is 5.60 Å². The molecule has 1 N–H and O–H groups in total. The van der Waals surface area contributed by atoms with Crippen LogP contribution in [-0.2, 0) is 5.60 Å². The molecule has 96 valence electrons. The molecule has 1 atom stereocenters. The van der Waals surface area contributed by atoms with E-state index >= 15 is 0 Å². The van der Waals surface area contributed by atoms with E-state index in [9.17, 15) is 5.11 Å². The topological polar surface area (TPSA) is 33.4 Å². The van der Waals surface area contributed by atoms with E-state index in [2.05, 4.69) is 0 Å². The number of hydrogen-bond donors (Lipinski definition) is 1. The van der Waals surface area contributed by atoms with Gasteiger partial charge in [-0.15, -0.1) is 0 Å². The predicted molar refractivity (Wildman–Crippen MR) is 76.3 cm³/mol. The molecule has 2 aromatic carbocycles. The van der Waals surface area contributed by atoms with E-state index in [0.717, 1.165) is 16.5 Å². The number of benzene rings is 2. The Morgan fingerprint density at radius 1 is 1.05 bits per heavy atom. The highest BCUT2D eigenvalue weighted by atomic mass is 35.5. The van der Waals surface area contributed by atoms with Crippen molar-refractivity contribution in [2.45, 2.75) is 12.5 Å². The predicted octanol–water partition coefficient (Wildman–Crippen LogP) is 4.34. The van der Waals surface area contributed by atoms with E-state index in [4.69, 9.17) is 16.0 Å². The minimum Gasteiger partial charge on any atom is -0.458 e. The zero-order valence-electron chi connectivity index (χ0n) is 10.4. The molecule has 0 aliphatic heterocycles. The van der Waals surface area contributed by atoms with Gasteiger partial charge in [0.15, 0.2) is 0 Å². The Kier molecular flexibility index (Phi) is 2.85. The minimum atomic E-state index is -1.18. The van der Waals surface area contributed by atoms with Crippen molar-refractivity contribution in [1.82, 2.24) is 0 Å². The number of fused-ring (bicyclic) bond motifs is 1. The van der Waals surface area contributed by atoms with Gasteiger partial charge >= 0.3 is 0 Å². The van der Waals surface area contributed by atoms with Crippen LogP contribution >= 0.6 is 11.6 Å². The summed E-state index contributed by atoms with van der Waals surface area (Å²) in [6.45, 7) is 1.72. The smallest absolute Gasteiger partial charge is 0.144 e. The van der Waals surface area contributed by atoms with Gasteiger partial charge in [-0.1, -0.05) is 41.9 Å². The van der Waals surface area contributed by atoms with E-state index in [1.54, 1.807) is 31.2 Å². The summed E-state index contributed by atoms with van der Waals surface area (Å²) < 4.78 is 5.73. The first-order chi connectivity index (χ1) is 9.07. The summed E-state index contributed by atoms with van der Waals surface area (Å²) >= 11 is 5.87. The quantitative estimate of drug-likeness (QED) is 0.753. The Morgan fingerprint density at radius 3 is 2.42 bits per heavy atom. The normalized spacial score (nSPS) is 14.5. The lowest BCUT2D eigenvalue weighted by Crippen LogP contribution is -2.21. The zero-order valence-corrected chi connectivity index (χ0v) is 11.2. The van der Waals surface area contributed by atoms with E-state index in [0.29, 0.717) is 10.8 Å². The van der Waals surface area contributed by atoms with Crippen molar-refractivity contribution >= 4 is 22.6 Å². The van der Waals surface area contributed by atoms with Gasteiger partial charge < -0.3 is 9.52 Å². The molecule has 0 bridgehead atoms. The fourth-order valence-corrected chi connectivity index (χ4v) is 2.26. The summed E-state index contributed by atoms with van der Waals surface area (Å²) in [6.07, 6.45) is 0. The second-order valence-corrected chi connectivity index (χ2v) is 5.16. The van der Waals surface area contributed by atoms with Crippen molar-refractivity contribution in [3.8, 4) is 0 Å². The van der Waals surface area contributed by atoms with Gasteiger partial charge in [0, 0.05) is 10.4 Å². The van der Waals surface area contributed by atoms with E-state index in [1.807, 2.05) is 30.3 Å². The van der Waals surface area contributed by atoms with Crippen LogP contribution in [0.4, 0.5) is 0 Å². The average molecular weight is 273 g/mol. The molecule has 1 unspecified atom stereocenters. The van der Waals surface area contributed by atoms with Crippen LogP contribution in [0.25, 0.3) is 11.0 Å². The van der Waals surface area contributed by atoms with Crippen molar-refractivity contribution in [3.05, 3.63) is 70.9 Å². The number of rotatable bonds is 2. The van der Waals surface area contributed by atoms with Gasteiger partial charge in [-0.3, -0.25) is 0 Å². The molecule has 3 aromatic rings. The van der Waals surface area contributed by atoms with Crippen LogP contribution in [0.2, 0.25) is 5.02 Å². The van der Waals surface area contributed by atoms with Crippen molar-refractivity contribution in [3.63, 3.8) is 0 Å². The number of aliphatic hydroxyl groups is 1. The highest BCUT2D eigenvalue weighted by Gasteiger charge is 2.29. The summed E-state index contributed by atoms with van der Waals surface area (Å²) in [5.41, 5.74) is 0.339. The molecular formula is C16H13ClO2. The lowest BCUT2D eigenvalue weighted by Gasteiger charge is -2.21. The van der Waals surface area contributed by atoms with Crippen LogP contribution in [0.1, 0.15) is 18.2 Å². The van der Waals surface area contributed by atoms with Gasteiger partial charge in [0.2, 0.25) is 0 Å². The molecule has 2 nitrogen and oxygen atoms in total. The molecule has 1 aromatic heterocycles. The summed E-state index contributed by atoms with van der Waals surface area (Å²) in [7, 11) is 0. The third-order valence-corrected chi connectivity index (χ3v) is 3.56. The Morgan fingerprint density at radius 2 is 1.74 bits per heavy atom. The van der Waals surface area contributed by atoms with Crippen LogP contribution in [-0.4, -0.2) is 5.11 Å². The van der Waals surface area contributed by atoms with Gasteiger partial charge in [-0.25, -0.2) is 0 Å². The molecular weight excluding hydrogens is 260 g/mol. The number of hydrogen-bond acceptors (Lipinski definition) is 2. The Balaban J connectivity index is 2.10. The molecule has 0 amide bonds. The first-order valence-electron chi connectivity index (χ1n) is 6.05. The van der Waals surface area contributed by atoms with E-state index in [-0.39, 0.29) is 0 Å². The van der Waals surface area contributed by atoms with Crippen LogP contribution in [0.3, 0.4) is 0 Å². The number of para-hydroxylation sites is 1. The van der Waals surface area contributed by atoms with Crippen LogP contribution in [0, 0.1) is 0 Å². The average Bonchev–Trinajstić information content (AvgIpc) is 2.83. The number of halogens is 1. The third-order valence-electron chi connectivity index (χ3n) is 3.31. The Bertz CT molecular complexity index is 678. The monoisotopic (exact) mass is 272 g/mol. The van der Waals surface area contributed by atoms with Crippen molar-refractivity contribution in [2.24, 2.45) is 0 Å². The van der Waals surface area contributed by atoms with Crippen LogP contribution < -0.4 is 0 Å². The fourth-order valence-electron chi connectivity index (χ4n) is 2.14. The molecule has 0 spiro atoms. The third kappa shape index (κ3) is 2.14. The molecule has 0 saturated carbocycles. The van der Waals surface area contributed by atoms with Gasteiger partial charge in [0.05, 0.1) is 0 Å². The fraction of sp³-hybridized carbons (Fsp3) is 0.125. The van der Waals surface area contributed by atoms with Crippen molar-refractivity contribution in [2.75, 3.05) is 0 Å². The first kappa shape index (κ1) is 12.3. The molecule has 1 heterocycles. The summed E-state index contributed by atoms with van der Waals surface area (Å²) in [4.78, 5) is 0. The Labute approximate surface area is 116 Å². The van der Waals surface area contributed by atoms with Crippen LogP contribution in [0.15, 0.2) is 59.0 Å². The van der Waals surface area contributed by atoms with Crippen molar-refractivity contribution < 1.29 is 9.52 Å². The highest BCUT2D eigenvalue weighted by molar-refractivity contribution is 6.30. The summed E-state index contributed by atoms with van der Waals surface area (Å²) in [6, 6.07) is 16.7. The second kappa shape index (κ2) is 4.41. The van der Waals surface area contributed by atoms with Gasteiger partial charge in [0.25, 0.3) is 0 Å². The SMILES string of the molecule is CC(O)(c1ccc(Cl)cc1)c1cc2ccccc2o1. The molecule has 0 saturated heterocycles. The van der Waals surface area contributed by atoms with Gasteiger partial charge in [-0.05, 0) is 36.8 Å². The highest BCUT2D eigenvalue weighted by Crippen LogP contribution is 2.33. The van der Waals surface area contributed by atoms with Gasteiger partial charge in [-0.2, -0.15) is 0 Å². The largest absolute Gasteiger partial charge is 0.458 e. The lowest BCUT2D eigenvalue weighted by molar-refractivity contribution is 0.0786. The first-order valence-corrected chi connectivity index (χ1v) is 6.42. The molecule has 19 heavy (non-hydrogen) atoms. The minimum absolute atomic E-state index is 0.524. The molecule has 3 heteroatoms. The standard InChI is InChI=1S/C16H13ClO2/c1-16(18,12-6-8-13(17)9-7-12)15-10-11-4-2-3-5-14(11)19-15/h2-10,18H,1H3. The number of furan rings is 1. The molecule has 0 fully saturated rings.